The van der Waals surface area contributed by atoms with E-state index in [2.05, 4.69) is 10.6 Å². The topological polar surface area (TPSA) is 70.6 Å². The molecule has 19 heavy (non-hydrogen) atoms. The van der Waals surface area contributed by atoms with E-state index in [0.717, 1.165) is 24.2 Å². The molecule has 104 valence electrons. The smallest absolute Gasteiger partial charge is 0.262 e. The normalized spacial score (nSPS) is 14.6. The van der Waals surface area contributed by atoms with Crippen LogP contribution in [-0.4, -0.2) is 36.3 Å². The third-order valence-electron chi connectivity index (χ3n) is 2.82. The SMILES string of the molecule is CC(C)(O)CNCCc1ccc2c(c1)NC(=O)CO2. The van der Waals surface area contributed by atoms with Gasteiger partial charge in [-0.3, -0.25) is 4.79 Å². The van der Waals surface area contributed by atoms with E-state index in [0.29, 0.717) is 12.3 Å². The highest BCUT2D eigenvalue weighted by Crippen LogP contribution is 2.28. The third-order valence-corrected chi connectivity index (χ3v) is 2.82. The number of benzene rings is 1. The Morgan fingerprint density at radius 3 is 3.00 bits per heavy atom. The van der Waals surface area contributed by atoms with E-state index in [-0.39, 0.29) is 12.5 Å². The minimum atomic E-state index is -0.697. The second-order valence-corrected chi connectivity index (χ2v) is 5.41. The summed E-state index contributed by atoms with van der Waals surface area (Å²) >= 11 is 0. The molecule has 1 aliphatic heterocycles. The molecule has 1 aliphatic rings. The van der Waals surface area contributed by atoms with Crippen LogP contribution < -0.4 is 15.4 Å². The Bertz CT molecular complexity index is 466. The lowest BCUT2D eigenvalue weighted by atomic mass is 10.1. The highest BCUT2D eigenvalue weighted by Gasteiger charge is 2.16. The van der Waals surface area contributed by atoms with Gasteiger partial charge in [0, 0.05) is 6.54 Å². The molecule has 0 aromatic heterocycles. The van der Waals surface area contributed by atoms with E-state index in [1.165, 1.54) is 0 Å². The van der Waals surface area contributed by atoms with Crippen LogP contribution in [0.15, 0.2) is 18.2 Å². The number of fused-ring (bicyclic) bond motifs is 1. The van der Waals surface area contributed by atoms with E-state index in [1.807, 2.05) is 18.2 Å². The van der Waals surface area contributed by atoms with Gasteiger partial charge < -0.3 is 20.5 Å². The van der Waals surface area contributed by atoms with Gasteiger partial charge in [0.05, 0.1) is 11.3 Å². The highest BCUT2D eigenvalue weighted by molar-refractivity contribution is 5.95. The predicted molar refractivity (Wildman–Crippen MR) is 73.4 cm³/mol. The molecule has 1 aromatic rings. The molecule has 0 unspecified atom stereocenters. The van der Waals surface area contributed by atoms with Crippen molar-refractivity contribution in [2.45, 2.75) is 25.9 Å². The van der Waals surface area contributed by atoms with Crippen LogP contribution in [0.3, 0.4) is 0 Å². The molecular formula is C14H20N2O3. The van der Waals surface area contributed by atoms with Gasteiger partial charge in [0.15, 0.2) is 6.61 Å². The lowest BCUT2D eigenvalue weighted by molar-refractivity contribution is -0.118. The number of hydrogen-bond donors (Lipinski definition) is 3. The minimum Gasteiger partial charge on any atom is -0.482 e. The number of carbonyl (C=O) groups is 1. The second-order valence-electron chi connectivity index (χ2n) is 5.41. The lowest BCUT2D eigenvalue weighted by Crippen LogP contribution is -2.35. The summed E-state index contributed by atoms with van der Waals surface area (Å²) in [6, 6.07) is 5.79. The van der Waals surface area contributed by atoms with Crippen molar-refractivity contribution < 1.29 is 14.6 Å². The number of rotatable bonds is 5. The average Bonchev–Trinajstić information content (AvgIpc) is 2.33. The Balaban J connectivity index is 1.88. The van der Waals surface area contributed by atoms with Crippen molar-refractivity contribution in [1.82, 2.24) is 5.32 Å². The van der Waals surface area contributed by atoms with Gasteiger partial charge in [-0.1, -0.05) is 6.07 Å². The number of nitrogens with one attached hydrogen (secondary N) is 2. The Hall–Kier alpha value is -1.59. The van der Waals surface area contributed by atoms with E-state index >= 15 is 0 Å². The molecule has 1 amide bonds. The second kappa shape index (κ2) is 5.59. The summed E-state index contributed by atoms with van der Waals surface area (Å²) in [4.78, 5) is 11.2. The highest BCUT2D eigenvalue weighted by atomic mass is 16.5. The van der Waals surface area contributed by atoms with Gasteiger partial charge in [0.2, 0.25) is 0 Å². The minimum absolute atomic E-state index is 0.0828. The zero-order valence-electron chi connectivity index (χ0n) is 11.3. The van der Waals surface area contributed by atoms with Crippen LogP contribution in [0.4, 0.5) is 5.69 Å². The molecule has 3 N–H and O–H groups in total. The molecule has 1 aromatic carbocycles. The van der Waals surface area contributed by atoms with Crippen molar-refractivity contribution in [3.05, 3.63) is 23.8 Å². The molecule has 0 bridgehead atoms. The number of hydrogen-bond acceptors (Lipinski definition) is 4. The first kappa shape index (κ1) is 13.8. The van der Waals surface area contributed by atoms with Crippen LogP contribution in [0.5, 0.6) is 5.75 Å². The summed E-state index contributed by atoms with van der Waals surface area (Å²) < 4.78 is 5.30. The largest absolute Gasteiger partial charge is 0.482 e. The molecule has 2 rings (SSSR count). The maximum atomic E-state index is 11.2. The van der Waals surface area contributed by atoms with Crippen molar-refractivity contribution in [3.8, 4) is 5.75 Å². The fourth-order valence-electron chi connectivity index (χ4n) is 1.91. The molecule has 0 saturated heterocycles. The standard InChI is InChI=1S/C14H20N2O3/c1-14(2,18)9-15-6-5-10-3-4-12-11(7-10)16-13(17)8-19-12/h3-4,7,15,18H,5-6,8-9H2,1-2H3,(H,16,17). The van der Waals surface area contributed by atoms with Gasteiger partial charge in [0.1, 0.15) is 5.75 Å². The van der Waals surface area contributed by atoms with E-state index in [4.69, 9.17) is 4.74 Å². The molecule has 0 spiro atoms. The summed E-state index contributed by atoms with van der Waals surface area (Å²) in [5, 5.41) is 15.6. The van der Waals surface area contributed by atoms with Gasteiger partial charge in [-0.05, 0) is 44.5 Å². The van der Waals surface area contributed by atoms with Gasteiger partial charge in [-0.2, -0.15) is 0 Å². The third kappa shape index (κ3) is 4.22. The molecule has 5 nitrogen and oxygen atoms in total. The van der Waals surface area contributed by atoms with E-state index < -0.39 is 5.60 Å². The quantitative estimate of drug-likeness (QED) is 0.692. The lowest BCUT2D eigenvalue weighted by Gasteiger charge is -2.19. The summed E-state index contributed by atoms with van der Waals surface area (Å²) in [5.74, 6) is 0.595. The van der Waals surface area contributed by atoms with Crippen LogP contribution >= 0.6 is 0 Å². The van der Waals surface area contributed by atoms with Crippen molar-refractivity contribution in [3.63, 3.8) is 0 Å². The average molecular weight is 264 g/mol. The fourth-order valence-corrected chi connectivity index (χ4v) is 1.91. The van der Waals surface area contributed by atoms with Crippen molar-refractivity contribution in [2.75, 3.05) is 25.0 Å². The van der Waals surface area contributed by atoms with Gasteiger partial charge >= 0.3 is 0 Å². The fraction of sp³-hybridized carbons (Fsp3) is 0.500. The van der Waals surface area contributed by atoms with Crippen molar-refractivity contribution >= 4 is 11.6 Å². The first-order chi connectivity index (χ1) is 8.94. The molecular weight excluding hydrogens is 244 g/mol. The summed E-state index contributed by atoms with van der Waals surface area (Å²) in [5.41, 5.74) is 1.15. The maximum Gasteiger partial charge on any atom is 0.262 e. The molecule has 1 heterocycles. The van der Waals surface area contributed by atoms with Gasteiger partial charge in [-0.15, -0.1) is 0 Å². The Labute approximate surface area is 113 Å². The number of carbonyl (C=O) groups excluding carboxylic acids is 1. The number of anilines is 1. The van der Waals surface area contributed by atoms with Crippen LogP contribution in [0, 0.1) is 0 Å². The van der Waals surface area contributed by atoms with Crippen molar-refractivity contribution in [2.24, 2.45) is 0 Å². The number of amides is 1. The maximum absolute atomic E-state index is 11.2. The van der Waals surface area contributed by atoms with Gasteiger partial charge in [-0.25, -0.2) is 0 Å². The Morgan fingerprint density at radius 1 is 1.47 bits per heavy atom. The van der Waals surface area contributed by atoms with Crippen molar-refractivity contribution in [1.29, 1.82) is 0 Å². The van der Waals surface area contributed by atoms with Crippen LogP contribution in [-0.2, 0) is 11.2 Å². The van der Waals surface area contributed by atoms with E-state index in [9.17, 15) is 9.90 Å². The molecule has 0 atom stereocenters. The number of ether oxygens (including phenoxy) is 1. The Kier molecular flexibility index (Phi) is 4.07. The first-order valence-corrected chi connectivity index (χ1v) is 6.43. The summed E-state index contributed by atoms with van der Waals surface area (Å²) in [6.07, 6.45) is 0.833. The Morgan fingerprint density at radius 2 is 2.26 bits per heavy atom. The number of aliphatic hydroxyl groups is 1. The predicted octanol–water partition coefficient (Wildman–Crippen LogP) is 0.920. The van der Waals surface area contributed by atoms with Gasteiger partial charge in [0.25, 0.3) is 5.91 Å². The van der Waals surface area contributed by atoms with Crippen LogP contribution in [0.1, 0.15) is 19.4 Å². The molecule has 0 radical (unpaired) electrons. The molecule has 5 heteroatoms. The van der Waals surface area contributed by atoms with Crippen LogP contribution in [0.2, 0.25) is 0 Å². The zero-order chi connectivity index (χ0) is 13.9. The first-order valence-electron chi connectivity index (χ1n) is 6.43. The molecule has 0 fully saturated rings. The molecule has 0 saturated carbocycles. The van der Waals surface area contributed by atoms with E-state index in [1.54, 1.807) is 13.8 Å². The monoisotopic (exact) mass is 264 g/mol. The summed E-state index contributed by atoms with van der Waals surface area (Å²) in [6.45, 7) is 4.95. The van der Waals surface area contributed by atoms with Crippen LogP contribution in [0.25, 0.3) is 0 Å². The summed E-state index contributed by atoms with van der Waals surface area (Å²) in [7, 11) is 0. The molecule has 0 aliphatic carbocycles. The zero-order valence-corrected chi connectivity index (χ0v) is 11.3.